The van der Waals surface area contributed by atoms with E-state index in [2.05, 4.69) is 5.32 Å². The van der Waals surface area contributed by atoms with Gasteiger partial charge in [0.2, 0.25) is 5.91 Å². The highest BCUT2D eigenvalue weighted by atomic mass is 35.5. The lowest BCUT2D eigenvalue weighted by Crippen LogP contribution is -2.52. The Morgan fingerprint density at radius 1 is 1.17 bits per heavy atom. The molecule has 0 aliphatic heterocycles. The molecule has 1 aromatic rings. The van der Waals surface area contributed by atoms with Crippen molar-refractivity contribution in [2.75, 3.05) is 27.4 Å². The smallest absolute Gasteiger partial charge is 0.239 e. The van der Waals surface area contributed by atoms with E-state index < -0.39 is 5.54 Å². The molecule has 0 aromatic heterocycles. The van der Waals surface area contributed by atoms with E-state index in [0.29, 0.717) is 36.8 Å². The van der Waals surface area contributed by atoms with E-state index in [1.807, 2.05) is 6.92 Å². The fourth-order valence-electron chi connectivity index (χ4n) is 2.03. The van der Waals surface area contributed by atoms with Crippen molar-refractivity contribution < 1.29 is 19.0 Å². The zero-order valence-corrected chi connectivity index (χ0v) is 15.0. The summed E-state index contributed by atoms with van der Waals surface area (Å²) < 4.78 is 15.9. The summed E-state index contributed by atoms with van der Waals surface area (Å²) in [4.78, 5) is 11.9. The first-order valence-electron chi connectivity index (χ1n) is 7.36. The second-order valence-corrected chi connectivity index (χ2v) is 5.32. The first-order chi connectivity index (χ1) is 10.4. The van der Waals surface area contributed by atoms with Crippen molar-refractivity contribution in [3.8, 4) is 17.2 Å². The number of ether oxygens (including phenoxy) is 3. The molecule has 7 heteroatoms. The van der Waals surface area contributed by atoms with E-state index in [9.17, 15) is 4.79 Å². The maximum Gasteiger partial charge on any atom is 0.239 e. The molecule has 0 spiro atoms. The van der Waals surface area contributed by atoms with Crippen LogP contribution in [0.15, 0.2) is 18.2 Å². The minimum absolute atomic E-state index is 0. The second kappa shape index (κ2) is 10.2. The number of hydrogen-bond donors (Lipinski definition) is 2. The average molecular weight is 347 g/mol. The molecule has 1 aromatic carbocycles. The van der Waals surface area contributed by atoms with Crippen molar-refractivity contribution in [3.05, 3.63) is 18.2 Å². The van der Waals surface area contributed by atoms with Crippen LogP contribution in [0.1, 0.15) is 26.7 Å². The number of rotatable bonds is 9. The Labute approximate surface area is 144 Å². The predicted octanol–water partition coefficient (Wildman–Crippen LogP) is 2.14. The van der Waals surface area contributed by atoms with Crippen molar-refractivity contribution in [1.82, 2.24) is 5.32 Å². The van der Waals surface area contributed by atoms with Gasteiger partial charge in [-0.15, -0.1) is 12.4 Å². The summed E-state index contributed by atoms with van der Waals surface area (Å²) in [5.74, 6) is 1.75. The number of nitrogens with one attached hydrogen (secondary N) is 1. The largest absolute Gasteiger partial charge is 0.496 e. The Morgan fingerprint density at radius 2 is 1.70 bits per heavy atom. The summed E-state index contributed by atoms with van der Waals surface area (Å²) in [6, 6.07) is 5.28. The standard InChI is InChI=1S/C16H26N2O4.ClH/c1-5-6-16(2,17)15(19)18-7-8-22-14-10-12(20-3)9-13(11-14)21-4;/h9-11H,5-8,17H2,1-4H3,(H,18,19);1H. The molecule has 0 heterocycles. The number of hydrogen-bond acceptors (Lipinski definition) is 5. The van der Waals surface area contributed by atoms with Gasteiger partial charge in [0.15, 0.2) is 0 Å². The fraction of sp³-hybridized carbons (Fsp3) is 0.562. The second-order valence-electron chi connectivity index (χ2n) is 5.32. The number of nitrogens with two attached hydrogens (primary N) is 1. The molecule has 0 radical (unpaired) electrons. The zero-order valence-electron chi connectivity index (χ0n) is 14.2. The molecule has 23 heavy (non-hydrogen) atoms. The Balaban J connectivity index is 0.00000484. The minimum atomic E-state index is -0.839. The number of benzene rings is 1. The van der Waals surface area contributed by atoms with E-state index in [4.69, 9.17) is 19.9 Å². The van der Waals surface area contributed by atoms with Crippen molar-refractivity contribution in [3.63, 3.8) is 0 Å². The van der Waals surface area contributed by atoms with Crippen molar-refractivity contribution in [2.24, 2.45) is 5.73 Å². The highest BCUT2D eigenvalue weighted by Gasteiger charge is 2.26. The van der Waals surface area contributed by atoms with Crippen LogP contribution >= 0.6 is 12.4 Å². The summed E-state index contributed by atoms with van der Waals surface area (Å²) in [6.07, 6.45) is 1.51. The lowest BCUT2D eigenvalue weighted by atomic mass is 9.97. The van der Waals surface area contributed by atoms with E-state index in [1.165, 1.54) is 0 Å². The number of amides is 1. The SMILES string of the molecule is CCCC(C)(N)C(=O)NCCOc1cc(OC)cc(OC)c1.Cl. The van der Waals surface area contributed by atoms with Gasteiger partial charge in [-0.25, -0.2) is 0 Å². The first kappa shape index (κ1) is 21.3. The molecule has 1 atom stereocenters. The van der Waals surface area contributed by atoms with E-state index in [1.54, 1.807) is 39.3 Å². The van der Waals surface area contributed by atoms with Crippen LogP contribution in [0.2, 0.25) is 0 Å². The maximum absolute atomic E-state index is 11.9. The fourth-order valence-corrected chi connectivity index (χ4v) is 2.03. The van der Waals surface area contributed by atoms with Crippen LogP contribution < -0.4 is 25.3 Å². The van der Waals surface area contributed by atoms with Crippen molar-refractivity contribution in [2.45, 2.75) is 32.2 Å². The van der Waals surface area contributed by atoms with Crippen LogP contribution in [0.25, 0.3) is 0 Å². The molecule has 0 aliphatic carbocycles. The number of halogens is 1. The van der Waals surface area contributed by atoms with Gasteiger partial charge in [-0.2, -0.15) is 0 Å². The predicted molar refractivity (Wildman–Crippen MR) is 92.8 cm³/mol. The van der Waals surface area contributed by atoms with Gasteiger partial charge in [0.25, 0.3) is 0 Å². The van der Waals surface area contributed by atoms with Gasteiger partial charge < -0.3 is 25.3 Å². The molecule has 1 amide bonds. The number of carbonyl (C=O) groups excluding carboxylic acids is 1. The Hall–Kier alpha value is -1.66. The summed E-state index contributed by atoms with van der Waals surface area (Å²) in [5, 5.41) is 2.78. The van der Waals surface area contributed by atoms with Gasteiger partial charge in [-0.05, 0) is 13.3 Å². The molecular weight excluding hydrogens is 320 g/mol. The third-order valence-electron chi connectivity index (χ3n) is 3.27. The van der Waals surface area contributed by atoms with Crippen molar-refractivity contribution >= 4 is 18.3 Å². The van der Waals surface area contributed by atoms with E-state index in [-0.39, 0.29) is 18.3 Å². The van der Waals surface area contributed by atoms with Gasteiger partial charge in [0.05, 0.1) is 26.3 Å². The summed E-state index contributed by atoms with van der Waals surface area (Å²) in [5.41, 5.74) is 5.11. The first-order valence-corrected chi connectivity index (χ1v) is 7.36. The minimum Gasteiger partial charge on any atom is -0.496 e. The molecule has 6 nitrogen and oxygen atoms in total. The highest BCUT2D eigenvalue weighted by molar-refractivity contribution is 5.85. The Kier molecular flexibility index (Phi) is 9.44. The zero-order chi connectivity index (χ0) is 16.6. The molecule has 1 unspecified atom stereocenters. The van der Waals surface area contributed by atoms with Gasteiger partial charge in [-0.3, -0.25) is 4.79 Å². The van der Waals surface area contributed by atoms with Gasteiger partial charge >= 0.3 is 0 Å². The van der Waals surface area contributed by atoms with Crippen LogP contribution in [-0.2, 0) is 4.79 Å². The number of methoxy groups -OCH3 is 2. The topological polar surface area (TPSA) is 82.8 Å². The number of carbonyl (C=O) groups is 1. The average Bonchev–Trinajstić information content (AvgIpc) is 2.50. The third-order valence-corrected chi connectivity index (χ3v) is 3.27. The quantitative estimate of drug-likeness (QED) is 0.669. The van der Waals surface area contributed by atoms with E-state index >= 15 is 0 Å². The molecule has 0 saturated carbocycles. The van der Waals surface area contributed by atoms with Gasteiger partial charge in [0, 0.05) is 18.2 Å². The molecule has 0 saturated heterocycles. The summed E-state index contributed by atoms with van der Waals surface area (Å²) in [6.45, 7) is 4.45. The van der Waals surface area contributed by atoms with E-state index in [0.717, 1.165) is 6.42 Å². The monoisotopic (exact) mass is 346 g/mol. The third kappa shape index (κ3) is 6.97. The Bertz CT molecular complexity index is 473. The van der Waals surface area contributed by atoms with Crippen LogP contribution in [0.4, 0.5) is 0 Å². The van der Waals surface area contributed by atoms with Gasteiger partial charge in [-0.1, -0.05) is 13.3 Å². The molecule has 1 rings (SSSR count). The van der Waals surface area contributed by atoms with Crippen LogP contribution in [0.5, 0.6) is 17.2 Å². The lowest BCUT2D eigenvalue weighted by Gasteiger charge is -2.22. The molecule has 132 valence electrons. The maximum atomic E-state index is 11.9. The normalized spacial score (nSPS) is 12.6. The van der Waals surface area contributed by atoms with Crippen molar-refractivity contribution in [1.29, 1.82) is 0 Å². The Morgan fingerprint density at radius 3 is 2.17 bits per heavy atom. The molecule has 0 bridgehead atoms. The molecular formula is C16H27ClN2O4. The highest BCUT2D eigenvalue weighted by Crippen LogP contribution is 2.27. The summed E-state index contributed by atoms with van der Waals surface area (Å²) >= 11 is 0. The molecule has 0 aliphatic rings. The van der Waals surface area contributed by atoms with Crippen LogP contribution in [0, 0.1) is 0 Å². The molecule has 3 N–H and O–H groups in total. The van der Waals surface area contributed by atoms with Crippen LogP contribution in [0.3, 0.4) is 0 Å². The van der Waals surface area contributed by atoms with Gasteiger partial charge in [0.1, 0.15) is 23.9 Å². The summed E-state index contributed by atoms with van der Waals surface area (Å²) in [7, 11) is 3.16. The van der Waals surface area contributed by atoms with Crippen LogP contribution in [-0.4, -0.2) is 38.8 Å². The molecule has 0 fully saturated rings. The lowest BCUT2D eigenvalue weighted by molar-refractivity contribution is -0.126.